The molecule has 0 radical (unpaired) electrons. The van der Waals surface area contributed by atoms with Crippen LogP contribution in [0.2, 0.25) is 0 Å². The molecule has 1 aromatic carbocycles. The van der Waals surface area contributed by atoms with Gasteiger partial charge in [-0.25, -0.2) is 0 Å². The molecule has 0 saturated carbocycles. The minimum Gasteiger partial charge on any atom is -0.497 e. The van der Waals surface area contributed by atoms with E-state index in [0.717, 1.165) is 11.7 Å². The quantitative estimate of drug-likeness (QED) is 0.792. The smallest absolute Gasteiger partial charge is 0.119 e. The molecule has 1 aliphatic heterocycles. The van der Waals surface area contributed by atoms with E-state index < -0.39 is 0 Å². The van der Waals surface area contributed by atoms with E-state index in [1.54, 1.807) is 7.11 Å². The Kier molecular flexibility index (Phi) is 4.06. The van der Waals surface area contributed by atoms with Crippen LogP contribution >= 0.6 is 0 Å². The molecule has 1 atom stereocenters. The molecule has 2 heteroatoms. The van der Waals surface area contributed by atoms with Crippen molar-refractivity contribution in [3.8, 4) is 5.75 Å². The monoisotopic (exact) mass is 233 g/mol. The van der Waals surface area contributed by atoms with E-state index in [4.69, 9.17) is 4.74 Å². The number of hydrogen-bond acceptors (Lipinski definition) is 2. The second-order valence-electron chi connectivity index (χ2n) is 5.17. The molecule has 0 spiro atoms. The lowest BCUT2D eigenvalue weighted by Gasteiger charge is -2.35. The summed E-state index contributed by atoms with van der Waals surface area (Å²) in [5, 5.41) is 0. The number of likely N-dealkylation sites (tertiary alicyclic amines) is 1. The summed E-state index contributed by atoms with van der Waals surface area (Å²) in [5.41, 5.74) is 1.36. The topological polar surface area (TPSA) is 12.5 Å². The summed E-state index contributed by atoms with van der Waals surface area (Å²) in [5.74, 6) is 1.85. The molecule has 17 heavy (non-hydrogen) atoms. The van der Waals surface area contributed by atoms with Gasteiger partial charge in [-0.15, -0.1) is 0 Å². The molecule has 0 aliphatic carbocycles. The summed E-state index contributed by atoms with van der Waals surface area (Å²) < 4.78 is 5.29. The maximum Gasteiger partial charge on any atom is 0.119 e. The lowest BCUT2D eigenvalue weighted by Crippen LogP contribution is -2.34. The second kappa shape index (κ2) is 5.54. The molecular formula is C15H23NO. The van der Waals surface area contributed by atoms with Gasteiger partial charge in [0.25, 0.3) is 0 Å². The average Bonchev–Trinajstić information content (AvgIpc) is 2.39. The van der Waals surface area contributed by atoms with Crippen LogP contribution in [0.5, 0.6) is 5.75 Å². The molecule has 2 nitrogen and oxygen atoms in total. The van der Waals surface area contributed by atoms with Gasteiger partial charge in [0.2, 0.25) is 0 Å². The summed E-state index contributed by atoms with van der Waals surface area (Å²) >= 11 is 0. The van der Waals surface area contributed by atoms with Crippen molar-refractivity contribution in [2.45, 2.75) is 32.7 Å². The van der Waals surface area contributed by atoms with Crippen LogP contribution in [-0.4, -0.2) is 25.1 Å². The summed E-state index contributed by atoms with van der Waals surface area (Å²) in [7, 11) is 1.73. The van der Waals surface area contributed by atoms with E-state index >= 15 is 0 Å². The van der Waals surface area contributed by atoms with Crippen LogP contribution in [0, 0.1) is 5.92 Å². The summed E-state index contributed by atoms with van der Waals surface area (Å²) in [4.78, 5) is 2.58. The molecule has 94 valence electrons. The van der Waals surface area contributed by atoms with E-state index in [0.29, 0.717) is 6.04 Å². The molecule has 1 fully saturated rings. The van der Waals surface area contributed by atoms with E-state index in [-0.39, 0.29) is 0 Å². The first-order valence-corrected chi connectivity index (χ1v) is 6.58. The van der Waals surface area contributed by atoms with Crippen LogP contribution in [-0.2, 0) is 0 Å². The lowest BCUT2D eigenvalue weighted by molar-refractivity contribution is 0.147. The minimum atomic E-state index is 0.498. The summed E-state index contributed by atoms with van der Waals surface area (Å²) in [6.45, 7) is 7.09. The van der Waals surface area contributed by atoms with Gasteiger partial charge in [-0.2, -0.15) is 0 Å². The van der Waals surface area contributed by atoms with Crippen LogP contribution in [0.1, 0.15) is 38.3 Å². The Balaban J connectivity index is 2.05. The van der Waals surface area contributed by atoms with Crippen molar-refractivity contribution in [1.82, 2.24) is 4.90 Å². The van der Waals surface area contributed by atoms with Crippen molar-refractivity contribution < 1.29 is 4.74 Å². The van der Waals surface area contributed by atoms with Gasteiger partial charge in [0.15, 0.2) is 0 Å². The standard InChI is InChI=1S/C15H23NO/c1-12-7-9-16(10-8-12)13(2)14-5-4-6-15(11-14)17-3/h4-6,11-13H,7-10H2,1-3H3/t13-/m1/s1. The molecule has 0 N–H and O–H groups in total. The third-order valence-corrected chi connectivity index (χ3v) is 3.94. The zero-order valence-corrected chi connectivity index (χ0v) is 11.1. The van der Waals surface area contributed by atoms with Gasteiger partial charge in [0.1, 0.15) is 5.75 Å². The number of piperidine rings is 1. The predicted molar refractivity (Wildman–Crippen MR) is 71.4 cm³/mol. The third-order valence-electron chi connectivity index (χ3n) is 3.94. The van der Waals surface area contributed by atoms with Crippen LogP contribution in [0.4, 0.5) is 0 Å². The Morgan fingerprint density at radius 2 is 2.00 bits per heavy atom. The summed E-state index contributed by atoms with van der Waals surface area (Å²) in [6, 6.07) is 8.94. The van der Waals surface area contributed by atoms with Crippen LogP contribution in [0.15, 0.2) is 24.3 Å². The SMILES string of the molecule is COc1cccc([C@@H](C)N2CCC(C)CC2)c1. The normalized spacial score (nSPS) is 20.2. The first-order chi connectivity index (χ1) is 8.20. The van der Waals surface area contributed by atoms with E-state index in [1.807, 2.05) is 6.07 Å². The number of rotatable bonds is 3. The molecular weight excluding hydrogens is 210 g/mol. The average molecular weight is 233 g/mol. The highest BCUT2D eigenvalue weighted by Crippen LogP contribution is 2.27. The Labute approximate surface area is 105 Å². The predicted octanol–water partition coefficient (Wildman–Crippen LogP) is 3.49. The largest absolute Gasteiger partial charge is 0.497 e. The van der Waals surface area contributed by atoms with Gasteiger partial charge < -0.3 is 4.74 Å². The number of methoxy groups -OCH3 is 1. The first-order valence-electron chi connectivity index (χ1n) is 6.58. The van der Waals surface area contributed by atoms with E-state index in [9.17, 15) is 0 Å². The maximum absolute atomic E-state index is 5.29. The highest BCUT2D eigenvalue weighted by atomic mass is 16.5. The van der Waals surface area contributed by atoms with Gasteiger partial charge >= 0.3 is 0 Å². The highest BCUT2D eigenvalue weighted by Gasteiger charge is 2.21. The molecule has 0 aromatic heterocycles. The molecule has 0 amide bonds. The number of nitrogens with zero attached hydrogens (tertiary/aromatic N) is 1. The number of hydrogen-bond donors (Lipinski definition) is 0. The number of ether oxygens (including phenoxy) is 1. The van der Waals surface area contributed by atoms with Gasteiger partial charge in [0.05, 0.1) is 7.11 Å². The van der Waals surface area contributed by atoms with Gasteiger partial charge in [-0.3, -0.25) is 4.90 Å². The molecule has 1 aliphatic rings. The zero-order chi connectivity index (χ0) is 12.3. The van der Waals surface area contributed by atoms with Crippen molar-refractivity contribution in [1.29, 1.82) is 0 Å². The Bertz CT molecular complexity index is 356. The Hall–Kier alpha value is -1.02. The molecule has 1 heterocycles. The van der Waals surface area contributed by atoms with Crippen molar-refractivity contribution in [3.63, 3.8) is 0 Å². The third kappa shape index (κ3) is 3.01. The maximum atomic E-state index is 5.29. The van der Waals surface area contributed by atoms with Crippen LogP contribution in [0.25, 0.3) is 0 Å². The van der Waals surface area contributed by atoms with Crippen molar-refractivity contribution in [2.24, 2.45) is 5.92 Å². The number of benzene rings is 1. The lowest BCUT2D eigenvalue weighted by atomic mass is 9.96. The molecule has 1 saturated heterocycles. The van der Waals surface area contributed by atoms with Crippen LogP contribution < -0.4 is 4.74 Å². The molecule has 2 rings (SSSR count). The second-order valence-corrected chi connectivity index (χ2v) is 5.17. The molecule has 1 aromatic rings. The van der Waals surface area contributed by atoms with Gasteiger partial charge in [-0.1, -0.05) is 19.1 Å². The Morgan fingerprint density at radius 1 is 1.29 bits per heavy atom. The zero-order valence-electron chi connectivity index (χ0n) is 11.1. The van der Waals surface area contributed by atoms with Crippen molar-refractivity contribution >= 4 is 0 Å². The van der Waals surface area contributed by atoms with E-state index in [1.165, 1.54) is 31.5 Å². The van der Waals surface area contributed by atoms with Crippen molar-refractivity contribution in [3.05, 3.63) is 29.8 Å². The summed E-state index contributed by atoms with van der Waals surface area (Å²) in [6.07, 6.45) is 2.66. The van der Waals surface area contributed by atoms with Crippen LogP contribution in [0.3, 0.4) is 0 Å². The highest BCUT2D eigenvalue weighted by molar-refractivity contribution is 5.30. The first kappa shape index (κ1) is 12.4. The molecule has 0 bridgehead atoms. The fourth-order valence-electron chi connectivity index (χ4n) is 2.53. The Morgan fingerprint density at radius 3 is 2.65 bits per heavy atom. The van der Waals surface area contributed by atoms with E-state index in [2.05, 4.69) is 36.9 Å². The minimum absolute atomic E-state index is 0.498. The fraction of sp³-hybridized carbons (Fsp3) is 0.600. The van der Waals surface area contributed by atoms with Crippen molar-refractivity contribution in [2.75, 3.05) is 20.2 Å². The van der Waals surface area contributed by atoms with Gasteiger partial charge in [0, 0.05) is 6.04 Å². The fourth-order valence-corrected chi connectivity index (χ4v) is 2.53. The van der Waals surface area contributed by atoms with Gasteiger partial charge in [-0.05, 0) is 56.5 Å². The molecule has 0 unspecified atom stereocenters.